The highest BCUT2D eigenvalue weighted by molar-refractivity contribution is 5.99. The van der Waals surface area contributed by atoms with Gasteiger partial charge in [-0.3, -0.25) is 18.7 Å². The van der Waals surface area contributed by atoms with Crippen LogP contribution in [-0.4, -0.2) is 27.5 Å². The molecule has 0 saturated heterocycles. The van der Waals surface area contributed by atoms with E-state index in [-0.39, 0.29) is 24.6 Å². The molecular weight excluding hydrogens is 356 g/mol. The van der Waals surface area contributed by atoms with Gasteiger partial charge in [-0.15, -0.1) is 0 Å². The summed E-state index contributed by atoms with van der Waals surface area (Å²) in [6, 6.07) is 9.06. The number of hydrogen-bond donors (Lipinski definition) is 0. The van der Waals surface area contributed by atoms with E-state index in [1.165, 1.54) is 9.13 Å². The zero-order chi connectivity index (χ0) is 20.6. The Bertz CT molecular complexity index is 1150. The quantitative estimate of drug-likeness (QED) is 0.504. The number of Topliss-reactive ketones (excluding diaryl/α,β-unsaturated/α-hetero) is 1. The molecular formula is C22H24N2O4. The number of carbonyl (C=O) groups is 2. The lowest BCUT2D eigenvalue weighted by Gasteiger charge is -2.13. The van der Waals surface area contributed by atoms with Gasteiger partial charge in [-0.05, 0) is 68.1 Å². The number of benzene rings is 2. The van der Waals surface area contributed by atoms with Gasteiger partial charge in [0.2, 0.25) is 5.78 Å². The molecule has 0 aliphatic carbocycles. The maximum Gasteiger partial charge on any atom is 0.329 e. The van der Waals surface area contributed by atoms with Crippen molar-refractivity contribution in [2.45, 2.75) is 34.2 Å². The van der Waals surface area contributed by atoms with Crippen LogP contribution in [0.3, 0.4) is 0 Å². The number of carbonyl (C=O) groups excluding carboxylic acids is 2. The van der Waals surface area contributed by atoms with E-state index >= 15 is 0 Å². The Hall–Kier alpha value is -3.15. The number of rotatable bonds is 5. The summed E-state index contributed by atoms with van der Waals surface area (Å²) in [6.45, 7) is 7.27. The van der Waals surface area contributed by atoms with Crippen molar-refractivity contribution in [3.05, 3.63) is 68.6 Å². The number of esters is 1. The fraction of sp³-hybridized carbons (Fsp3) is 0.318. The van der Waals surface area contributed by atoms with E-state index in [1.54, 1.807) is 19.2 Å². The maximum absolute atomic E-state index is 12.6. The van der Waals surface area contributed by atoms with Crippen molar-refractivity contribution in [1.29, 1.82) is 0 Å². The maximum atomic E-state index is 12.6. The molecule has 0 aliphatic heterocycles. The fourth-order valence-electron chi connectivity index (χ4n) is 3.42. The summed E-state index contributed by atoms with van der Waals surface area (Å²) in [5.41, 5.74) is 5.80. The molecule has 0 bridgehead atoms. The first-order chi connectivity index (χ1) is 13.2. The molecule has 0 N–H and O–H groups in total. The van der Waals surface area contributed by atoms with Gasteiger partial charge in [0.05, 0.1) is 11.0 Å². The van der Waals surface area contributed by atoms with E-state index in [0.29, 0.717) is 11.1 Å². The van der Waals surface area contributed by atoms with Crippen molar-refractivity contribution < 1.29 is 14.3 Å². The van der Waals surface area contributed by atoms with Crippen LogP contribution in [0.15, 0.2) is 35.1 Å². The van der Waals surface area contributed by atoms with Gasteiger partial charge in [0.1, 0.15) is 6.54 Å². The average Bonchev–Trinajstić information content (AvgIpc) is 2.92. The summed E-state index contributed by atoms with van der Waals surface area (Å²) in [5.74, 6) is -0.868. The highest BCUT2D eigenvalue weighted by Gasteiger charge is 2.18. The van der Waals surface area contributed by atoms with Gasteiger partial charge in [-0.1, -0.05) is 12.1 Å². The van der Waals surface area contributed by atoms with Crippen LogP contribution in [-0.2, 0) is 23.1 Å². The zero-order valence-corrected chi connectivity index (χ0v) is 16.8. The van der Waals surface area contributed by atoms with Crippen LogP contribution in [0.4, 0.5) is 0 Å². The van der Waals surface area contributed by atoms with Crippen molar-refractivity contribution in [2.24, 2.45) is 7.05 Å². The van der Waals surface area contributed by atoms with Gasteiger partial charge in [0.25, 0.3) is 0 Å². The Morgan fingerprint density at radius 3 is 2.29 bits per heavy atom. The second-order valence-electron chi connectivity index (χ2n) is 7.12. The first-order valence-electron chi connectivity index (χ1n) is 9.12. The monoisotopic (exact) mass is 380 g/mol. The van der Waals surface area contributed by atoms with Crippen molar-refractivity contribution >= 4 is 22.8 Å². The normalized spacial score (nSPS) is 11.0. The SMILES string of the molecule is Cc1cc(C(=O)COC(=O)Cn2c(=O)n(C)c3ccccc32)c(C)c(C)c1C. The Balaban J connectivity index is 1.75. The molecule has 0 saturated carbocycles. The van der Waals surface area contributed by atoms with Gasteiger partial charge in [-0.25, -0.2) is 4.79 Å². The Labute approximate surface area is 163 Å². The number of imidazole rings is 1. The van der Waals surface area contributed by atoms with E-state index in [1.807, 2.05) is 45.9 Å². The Morgan fingerprint density at radius 1 is 0.964 bits per heavy atom. The minimum absolute atomic E-state index is 0.238. The summed E-state index contributed by atoms with van der Waals surface area (Å²) < 4.78 is 8.02. The zero-order valence-electron chi connectivity index (χ0n) is 16.8. The second kappa shape index (κ2) is 7.46. The third kappa shape index (κ3) is 3.38. The molecule has 2 aromatic carbocycles. The van der Waals surface area contributed by atoms with Crippen LogP contribution < -0.4 is 5.69 Å². The third-order valence-corrected chi connectivity index (χ3v) is 5.48. The number of fused-ring (bicyclic) bond motifs is 1. The van der Waals surface area contributed by atoms with Crippen molar-refractivity contribution in [1.82, 2.24) is 9.13 Å². The minimum atomic E-state index is -0.620. The molecule has 6 nitrogen and oxygen atoms in total. The number of ketones is 1. The lowest BCUT2D eigenvalue weighted by Crippen LogP contribution is -2.27. The number of ether oxygens (including phenoxy) is 1. The number of hydrogen-bond acceptors (Lipinski definition) is 4. The molecule has 0 unspecified atom stereocenters. The molecule has 1 heterocycles. The molecule has 0 spiro atoms. The molecule has 146 valence electrons. The van der Waals surface area contributed by atoms with E-state index < -0.39 is 5.97 Å². The number of para-hydroxylation sites is 2. The highest BCUT2D eigenvalue weighted by atomic mass is 16.5. The third-order valence-electron chi connectivity index (χ3n) is 5.48. The first kappa shape index (κ1) is 19.6. The predicted molar refractivity (Wildman–Crippen MR) is 108 cm³/mol. The van der Waals surface area contributed by atoms with Crippen LogP contribution in [0.1, 0.15) is 32.6 Å². The predicted octanol–water partition coefficient (Wildman–Crippen LogP) is 3.00. The van der Waals surface area contributed by atoms with Gasteiger partial charge in [0, 0.05) is 12.6 Å². The van der Waals surface area contributed by atoms with Gasteiger partial charge in [-0.2, -0.15) is 0 Å². The molecule has 0 amide bonds. The van der Waals surface area contributed by atoms with E-state index in [4.69, 9.17) is 4.74 Å². The molecule has 3 aromatic rings. The van der Waals surface area contributed by atoms with E-state index in [2.05, 4.69) is 0 Å². The molecule has 0 atom stereocenters. The highest BCUT2D eigenvalue weighted by Crippen LogP contribution is 2.21. The molecule has 0 aliphatic rings. The van der Waals surface area contributed by atoms with Crippen molar-refractivity contribution in [2.75, 3.05) is 6.61 Å². The number of aryl methyl sites for hydroxylation is 2. The molecule has 3 rings (SSSR count). The van der Waals surface area contributed by atoms with Gasteiger partial charge >= 0.3 is 11.7 Å². The van der Waals surface area contributed by atoms with Crippen LogP contribution >= 0.6 is 0 Å². The fourth-order valence-corrected chi connectivity index (χ4v) is 3.42. The standard InChI is InChI=1S/C22H24N2O4/c1-13-10-17(16(4)15(3)14(13)2)20(25)12-28-21(26)11-24-19-9-7-6-8-18(19)23(5)22(24)27/h6-10H,11-12H2,1-5H3. The second-order valence-corrected chi connectivity index (χ2v) is 7.12. The van der Waals surface area contributed by atoms with Gasteiger partial charge in [0.15, 0.2) is 6.61 Å². The Morgan fingerprint density at radius 2 is 1.61 bits per heavy atom. The molecule has 6 heteroatoms. The number of aromatic nitrogens is 2. The topological polar surface area (TPSA) is 70.3 Å². The lowest BCUT2D eigenvalue weighted by atomic mass is 9.93. The van der Waals surface area contributed by atoms with Crippen molar-refractivity contribution in [3.63, 3.8) is 0 Å². The van der Waals surface area contributed by atoms with E-state index in [0.717, 1.165) is 27.8 Å². The lowest BCUT2D eigenvalue weighted by molar-refractivity contribution is -0.143. The molecule has 0 radical (unpaired) electrons. The number of nitrogens with zero attached hydrogens (tertiary/aromatic N) is 2. The van der Waals surface area contributed by atoms with Crippen LogP contribution in [0, 0.1) is 27.7 Å². The first-order valence-corrected chi connectivity index (χ1v) is 9.12. The molecule has 28 heavy (non-hydrogen) atoms. The smallest absolute Gasteiger partial charge is 0.329 e. The molecule has 0 fully saturated rings. The van der Waals surface area contributed by atoms with Crippen LogP contribution in [0.25, 0.3) is 11.0 Å². The molecule has 1 aromatic heterocycles. The minimum Gasteiger partial charge on any atom is -0.456 e. The summed E-state index contributed by atoms with van der Waals surface area (Å²) >= 11 is 0. The van der Waals surface area contributed by atoms with E-state index in [9.17, 15) is 14.4 Å². The largest absolute Gasteiger partial charge is 0.456 e. The average molecular weight is 380 g/mol. The summed E-state index contributed by atoms with van der Waals surface area (Å²) in [6.07, 6.45) is 0. The Kier molecular flexibility index (Phi) is 5.23. The van der Waals surface area contributed by atoms with Crippen LogP contribution in [0.5, 0.6) is 0 Å². The summed E-state index contributed by atoms with van der Waals surface area (Å²) in [5, 5.41) is 0. The van der Waals surface area contributed by atoms with Gasteiger partial charge < -0.3 is 4.74 Å². The van der Waals surface area contributed by atoms with Crippen molar-refractivity contribution in [3.8, 4) is 0 Å². The summed E-state index contributed by atoms with van der Waals surface area (Å²) in [4.78, 5) is 37.2. The summed E-state index contributed by atoms with van der Waals surface area (Å²) in [7, 11) is 1.65. The van der Waals surface area contributed by atoms with Crippen LogP contribution in [0.2, 0.25) is 0 Å².